The first-order valence-electron chi connectivity index (χ1n) is 9.44. The molecule has 0 atom stereocenters. The molecule has 5 rings (SSSR count). The fraction of sp³-hybridized carbons (Fsp3) is 0.0909. The number of fused-ring (bicyclic) bond motifs is 1. The summed E-state index contributed by atoms with van der Waals surface area (Å²) in [6, 6.07) is 11.5. The molecule has 32 heavy (non-hydrogen) atoms. The second kappa shape index (κ2) is 8.12. The second-order valence-corrected chi connectivity index (χ2v) is 8.89. The second-order valence-electron chi connectivity index (χ2n) is 7.04. The molecule has 160 valence electrons. The SMILES string of the molecule is Cc1c(-c2nc(-c3ccc(Cl)cc3)no2)sc2ncn(Cc3c(F)cccc3Cl)c(=O)c12. The molecule has 0 saturated heterocycles. The lowest BCUT2D eigenvalue weighted by Gasteiger charge is -2.08. The van der Waals surface area contributed by atoms with Crippen molar-refractivity contribution >= 4 is 44.8 Å². The average Bonchev–Trinajstić information content (AvgIpc) is 3.38. The molecule has 6 nitrogen and oxygen atoms in total. The van der Waals surface area contributed by atoms with Gasteiger partial charge in [-0.2, -0.15) is 4.98 Å². The molecule has 0 N–H and O–H groups in total. The fourth-order valence-electron chi connectivity index (χ4n) is 3.36. The minimum absolute atomic E-state index is 0.0286. The van der Waals surface area contributed by atoms with Gasteiger partial charge < -0.3 is 4.52 Å². The number of benzene rings is 2. The number of thiophene rings is 1. The van der Waals surface area contributed by atoms with Crippen molar-refractivity contribution < 1.29 is 8.91 Å². The molecule has 0 aliphatic rings. The third kappa shape index (κ3) is 3.60. The van der Waals surface area contributed by atoms with Crippen molar-refractivity contribution in [3.63, 3.8) is 0 Å². The van der Waals surface area contributed by atoms with E-state index in [9.17, 15) is 9.18 Å². The molecule has 0 bridgehead atoms. The van der Waals surface area contributed by atoms with Crippen molar-refractivity contribution in [2.45, 2.75) is 13.5 Å². The Kier molecular flexibility index (Phi) is 5.28. The van der Waals surface area contributed by atoms with Gasteiger partial charge in [0.2, 0.25) is 5.82 Å². The molecule has 0 saturated carbocycles. The normalized spacial score (nSPS) is 11.4. The topological polar surface area (TPSA) is 73.8 Å². The molecule has 10 heteroatoms. The van der Waals surface area contributed by atoms with Gasteiger partial charge in [-0.1, -0.05) is 34.4 Å². The van der Waals surface area contributed by atoms with Crippen LogP contribution in [0.4, 0.5) is 4.39 Å². The molecule has 0 aliphatic carbocycles. The molecule has 0 aliphatic heterocycles. The first-order chi connectivity index (χ1) is 15.4. The van der Waals surface area contributed by atoms with Crippen LogP contribution in [0.5, 0.6) is 0 Å². The lowest BCUT2D eigenvalue weighted by molar-refractivity contribution is 0.433. The molecule has 0 fully saturated rings. The fourth-order valence-corrected chi connectivity index (χ4v) is 4.77. The highest BCUT2D eigenvalue weighted by molar-refractivity contribution is 7.22. The summed E-state index contributed by atoms with van der Waals surface area (Å²) in [7, 11) is 0. The van der Waals surface area contributed by atoms with Gasteiger partial charge in [0.25, 0.3) is 11.4 Å². The van der Waals surface area contributed by atoms with Gasteiger partial charge in [0, 0.05) is 21.2 Å². The van der Waals surface area contributed by atoms with Crippen LogP contribution in [0.15, 0.2) is 58.1 Å². The minimum atomic E-state index is -0.479. The quantitative estimate of drug-likeness (QED) is 0.312. The van der Waals surface area contributed by atoms with Crippen LogP contribution in [0.3, 0.4) is 0 Å². The Morgan fingerprint density at radius 2 is 1.94 bits per heavy atom. The first kappa shape index (κ1) is 20.8. The Bertz CT molecular complexity index is 1510. The standard InChI is InChI=1S/C22H13Cl2FN4O2S/c1-11-17-21(26-10-29(22(17)30)9-14-15(24)3-2-4-16(14)25)32-18(11)20-27-19(28-31-20)12-5-7-13(23)8-6-12/h2-8,10H,9H2,1H3. The van der Waals surface area contributed by atoms with Crippen molar-refractivity contribution in [3.05, 3.63) is 86.1 Å². The molecular weight excluding hydrogens is 474 g/mol. The van der Waals surface area contributed by atoms with Crippen LogP contribution >= 0.6 is 34.5 Å². The summed E-state index contributed by atoms with van der Waals surface area (Å²) in [4.78, 5) is 23.2. The molecule has 3 heterocycles. The van der Waals surface area contributed by atoms with E-state index in [0.717, 1.165) is 5.56 Å². The molecular formula is C22H13Cl2FN4O2S. The lowest BCUT2D eigenvalue weighted by atomic mass is 10.2. The molecule has 0 spiro atoms. The minimum Gasteiger partial charge on any atom is -0.333 e. The van der Waals surface area contributed by atoms with Crippen molar-refractivity contribution in [2.75, 3.05) is 0 Å². The molecule has 0 unspecified atom stereocenters. The van der Waals surface area contributed by atoms with E-state index >= 15 is 0 Å². The summed E-state index contributed by atoms with van der Waals surface area (Å²) in [5, 5.41) is 5.32. The van der Waals surface area contributed by atoms with Crippen LogP contribution in [0, 0.1) is 12.7 Å². The summed E-state index contributed by atoms with van der Waals surface area (Å²) < 4.78 is 21.0. The number of halogens is 3. The zero-order chi connectivity index (χ0) is 22.4. The number of hydrogen-bond donors (Lipinski definition) is 0. The zero-order valence-corrected chi connectivity index (χ0v) is 18.8. The Morgan fingerprint density at radius 1 is 1.16 bits per heavy atom. The van der Waals surface area contributed by atoms with Crippen molar-refractivity contribution in [3.8, 4) is 22.2 Å². The largest absolute Gasteiger partial charge is 0.333 e. The van der Waals surface area contributed by atoms with Gasteiger partial charge in [0.1, 0.15) is 10.6 Å². The van der Waals surface area contributed by atoms with Crippen molar-refractivity contribution in [2.24, 2.45) is 0 Å². The maximum absolute atomic E-state index is 14.2. The highest BCUT2D eigenvalue weighted by Gasteiger charge is 2.21. The third-order valence-electron chi connectivity index (χ3n) is 5.03. The van der Waals surface area contributed by atoms with E-state index in [1.807, 2.05) is 0 Å². The average molecular weight is 487 g/mol. The number of rotatable bonds is 4. The molecule has 5 aromatic rings. The van der Waals surface area contributed by atoms with E-state index < -0.39 is 5.82 Å². The predicted octanol–water partition coefficient (Wildman–Crippen LogP) is 5.98. The number of hydrogen-bond acceptors (Lipinski definition) is 6. The summed E-state index contributed by atoms with van der Waals surface area (Å²) in [6.45, 7) is 1.77. The van der Waals surface area contributed by atoms with E-state index in [0.29, 0.717) is 37.4 Å². The highest BCUT2D eigenvalue weighted by Crippen LogP contribution is 2.35. The van der Waals surface area contributed by atoms with Gasteiger partial charge >= 0.3 is 0 Å². The monoisotopic (exact) mass is 486 g/mol. The zero-order valence-electron chi connectivity index (χ0n) is 16.5. The molecule has 0 radical (unpaired) electrons. The summed E-state index contributed by atoms with van der Waals surface area (Å²) >= 11 is 13.3. The van der Waals surface area contributed by atoms with E-state index in [-0.39, 0.29) is 22.7 Å². The predicted molar refractivity (Wildman–Crippen MR) is 123 cm³/mol. The smallest absolute Gasteiger partial charge is 0.268 e. The van der Waals surface area contributed by atoms with E-state index in [1.54, 1.807) is 37.3 Å². The van der Waals surface area contributed by atoms with Crippen LogP contribution in [-0.2, 0) is 6.54 Å². The van der Waals surface area contributed by atoms with Crippen LogP contribution in [0.25, 0.3) is 32.4 Å². The number of aromatic nitrogens is 4. The van der Waals surface area contributed by atoms with Crippen molar-refractivity contribution in [1.29, 1.82) is 0 Å². The Labute approximate surface area is 194 Å². The van der Waals surface area contributed by atoms with Gasteiger partial charge in [0.15, 0.2) is 0 Å². The summed E-state index contributed by atoms with van der Waals surface area (Å²) in [5.74, 6) is 0.222. The Morgan fingerprint density at radius 3 is 2.69 bits per heavy atom. The van der Waals surface area contributed by atoms with Crippen LogP contribution < -0.4 is 5.56 Å². The Balaban J connectivity index is 1.56. The number of nitrogens with zero attached hydrogens (tertiary/aromatic N) is 4. The van der Waals surface area contributed by atoms with Crippen LogP contribution in [0.1, 0.15) is 11.1 Å². The maximum Gasteiger partial charge on any atom is 0.268 e. The van der Waals surface area contributed by atoms with Gasteiger partial charge in [-0.05, 0) is 48.9 Å². The van der Waals surface area contributed by atoms with E-state index in [2.05, 4.69) is 15.1 Å². The Hall–Kier alpha value is -3.07. The van der Waals surface area contributed by atoms with Gasteiger partial charge in [-0.25, -0.2) is 9.37 Å². The molecule has 2 aromatic carbocycles. The van der Waals surface area contributed by atoms with Gasteiger partial charge in [-0.3, -0.25) is 9.36 Å². The summed E-state index contributed by atoms with van der Waals surface area (Å²) in [6.07, 6.45) is 1.39. The maximum atomic E-state index is 14.2. The number of aryl methyl sites for hydroxylation is 1. The van der Waals surface area contributed by atoms with E-state index in [4.69, 9.17) is 27.7 Å². The molecule has 3 aromatic heterocycles. The third-order valence-corrected chi connectivity index (χ3v) is 6.82. The van der Waals surface area contributed by atoms with Crippen molar-refractivity contribution in [1.82, 2.24) is 19.7 Å². The highest BCUT2D eigenvalue weighted by atomic mass is 35.5. The first-order valence-corrected chi connectivity index (χ1v) is 11.0. The molecule has 0 amide bonds. The van der Waals surface area contributed by atoms with E-state index in [1.165, 1.54) is 34.4 Å². The van der Waals surface area contributed by atoms with Gasteiger partial charge in [-0.15, -0.1) is 11.3 Å². The van der Waals surface area contributed by atoms with Gasteiger partial charge in [0.05, 0.1) is 23.1 Å². The summed E-state index contributed by atoms with van der Waals surface area (Å²) in [5.41, 5.74) is 1.36. The van der Waals surface area contributed by atoms with Crippen LogP contribution in [0.2, 0.25) is 10.0 Å². The lowest BCUT2D eigenvalue weighted by Crippen LogP contribution is -2.21. The van der Waals surface area contributed by atoms with Crippen LogP contribution in [-0.4, -0.2) is 19.7 Å².